The number of aryl methyl sites for hydroxylation is 1. The number of aliphatic hydroxyl groups is 2. The van der Waals surface area contributed by atoms with Crippen LogP contribution in [0.15, 0.2) is 18.2 Å². The first kappa shape index (κ1) is 15.3. The summed E-state index contributed by atoms with van der Waals surface area (Å²) in [6, 6.07) is 6.25. The summed E-state index contributed by atoms with van der Waals surface area (Å²) < 4.78 is 5.00. The summed E-state index contributed by atoms with van der Waals surface area (Å²) >= 11 is 0. The fraction of sp³-hybridized carbons (Fsp3) is 0.600. The molecule has 20 heavy (non-hydrogen) atoms. The molecule has 3 N–H and O–H groups in total. The Bertz CT molecular complexity index is 429. The van der Waals surface area contributed by atoms with Crippen molar-refractivity contribution >= 4 is 5.69 Å². The van der Waals surface area contributed by atoms with Gasteiger partial charge < -0.3 is 25.2 Å². The molecule has 1 aromatic rings. The van der Waals surface area contributed by atoms with Crippen LogP contribution in [-0.2, 0) is 11.3 Å². The molecule has 1 fully saturated rings. The summed E-state index contributed by atoms with van der Waals surface area (Å²) in [4.78, 5) is 2.02. The van der Waals surface area contributed by atoms with Gasteiger partial charge in [-0.25, -0.2) is 0 Å². The lowest BCUT2D eigenvalue weighted by molar-refractivity contribution is 0.0572. The molecule has 0 aliphatic carbocycles. The van der Waals surface area contributed by atoms with Crippen molar-refractivity contribution < 1.29 is 14.9 Å². The lowest BCUT2D eigenvalue weighted by Gasteiger charge is -2.19. The summed E-state index contributed by atoms with van der Waals surface area (Å²) in [6.45, 7) is 5.43. The van der Waals surface area contributed by atoms with E-state index in [1.165, 1.54) is 11.1 Å². The van der Waals surface area contributed by atoms with Gasteiger partial charge in [-0.1, -0.05) is 6.07 Å². The normalized spacial score (nSPS) is 22.5. The molecule has 5 heteroatoms. The average Bonchev–Trinajstić information content (AvgIpc) is 2.76. The predicted octanol–water partition coefficient (Wildman–Crippen LogP) is 0.273. The SMILES string of the molecule is COCCNCc1ccc(N2CC(O)C(O)C2)cc1C. The monoisotopic (exact) mass is 280 g/mol. The summed E-state index contributed by atoms with van der Waals surface area (Å²) in [5.74, 6) is 0. The zero-order valence-electron chi connectivity index (χ0n) is 12.2. The number of nitrogens with zero attached hydrogens (tertiary/aromatic N) is 1. The number of aliphatic hydroxyl groups excluding tert-OH is 2. The minimum Gasteiger partial charge on any atom is -0.389 e. The molecule has 2 unspecified atom stereocenters. The van der Waals surface area contributed by atoms with Crippen molar-refractivity contribution in [3.05, 3.63) is 29.3 Å². The van der Waals surface area contributed by atoms with E-state index in [9.17, 15) is 10.2 Å². The third-order valence-corrected chi connectivity index (χ3v) is 3.75. The zero-order valence-corrected chi connectivity index (χ0v) is 12.2. The maximum atomic E-state index is 9.61. The Balaban J connectivity index is 1.95. The minimum atomic E-state index is -0.648. The summed E-state index contributed by atoms with van der Waals surface area (Å²) in [5.41, 5.74) is 3.52. The maximum Gasteiger partial charge on any atom is 0.0990 e. The zero-order chi connectivity index (χ0) is 14.5. The molecule has 1 aliphatic heterocycles. The van der Waals surface area contributed by atoms with Gasteiger partial charge in [-0.05, 0) is 30.2 Å². The molecule has 112 valence electrons. The largest absolute Gasteiger partial charge is 0.389 e. The van der Waals surface area contributed by atoms with Crippen LogP contribution in [-0.4, -0.2) is 55.8 Å². The first-order valence-corrected chi connectivity index (χ1v) is 7.02. The maximum absolute atomic E-state index is 9.61. The first-order valence-electron chi connectivity index (χ1n) is 7.02. The highest BCUT2D eigenvalue weighted by molar-refractivity contribution is 5.52. The van der Waals surface area contributed by atoms with E-state index < -0.39 is 12.2 Å². The number of ether oxygens (including phenoxy) is 1. The Labute approximate surface area is 120 Å². The fourth-order valence-corrected chi connectivity index (χ4v) is 2.45. The van der Waals surface area contributed by atoms with Crippen molar-refractivity contribution in [2.24, 2.45) is 0 Å². The Morgan fingerprint density at radius 2 is 2.00 bits per heavy atom. The van der Waals surface area contributed by atoms with Gasteiger partial charge in [0.05, 0.1) is 18.8 Å². The van der Waals surface area contributed by atoms with E-state index in [0.717, 1.165) is 18.8 Å². The van der Waals surface area contributed by atoms with Gasteiger partial charge in [-0.15, -0.1) is 0 Å². The van der Waals surface area contributed by atoms with Crippen LogP contribution in [0.4, 0.5) is 5.69 Å². The van der Waals surface area contributed by atoms with Crippen molar-refractivity contribution in [2.75, 3.05) is 38.3 Å². The molecule has 1 heterocycles. The third-order valence-electron chi connectivity index (χ3n) is 3.75. The van der Waals surface area contributed by atoms with E-state index in [1.807, 2.05) is 11.0 Å². The van der Waals surface area contributed by atoms with Gasteiger partial charge in [0, 0.05) is 39.0 Å². The Morgan fingerprint density at radius 3 is 2.60 bits per heavy atom. The summed E-state index contributed by atoms with van der Waals surface area (Å²) in [5, 5.41) is 22.5. The molecule has 0 saturated carbocycles. The van der Waals surface area contributed by atoms with Crippen LogP contribution in [0.2, 0.25) is 0 Å². The summed E-state index contributed by atoms with van der Waals surface area (Å²) in [7, 11) is 1.70. The van der Waals surface area contributed by atoms with E-state index in [1.54, 1.807) is 7.11 Å². The highest BCUT2D eigenvalue weighted by Crippen LogP contribution is 2.23. The smallest absolute Gasteiger partial charge is 0.0990 e. The van der Waals surface area contributed by atoms with Crippen LogP contribution >= 0.6 is 0 Å². The second kappa shape index (κ2) is 7.04. The van der Waals surface area contributed by atoms with Crippen LogP contribution < -0.4 is 10.2 Å². The van der Waals surface area contributed by atoms with Crippen LogP contribution in [0.3, 0.4) is 0 Å². The standard InChI is InChI=1S/C15H24N2O3/c1-11-7-13(17-9-14(18)15(19)10-17)4-3-12(11)8-16-5-6-20-2/h3-4,7,14-16,18-19H,5-6,8-10H2,1-2H3. The topological polar surface area (TPSA) is 65.0 Å². The first-order chi connectivity index (χ1) is 9.61. The van der Waals surface area contributed by atoms with Crippen molar-refractivity contribution in [3.63, 3.8) is 0 Å². The quantitative estimate of drug-likeness (QED) is 0.653. The van der Waals surface area contributed by atoms with Gasteiger partial charge in [0.2, 0.25) is 0 Å². The van der Waals surface area contributed by atoms with Gasteiger partial charge in [0.25, 0.3) is 0 Å². The lowest BCUT2D eigenvalue weighted by atomic mass is 10.1. The number of anilines is 1. The number of methoxy groups -OCH3 is 1. The molecule has 1 saturated heterocycles. The predicted molar refractivity (Wildman–Crippen MR) is 79.0 cm³/mol. The molecule has 2 atom stereocenters. The van der Waals surface area contributed by atoms with Crippen molar-refractivity contribution in [1.82, 2.24) is 5.32 Å². The van der Waals surface area contributed by atoms with Crippen LogP contribution in [0.25, 0.3) is 0 Å². The molecule has 1 aromatic carbocycles. The molecule has 5 nitrogen and oxygen atoms in total. The van der Waals surface area contributed by atoms with Gasteiger partial charge in [0.15, 0.2) is 0 Å². The van der Waals surface area contributed by atoms with E-state index in [0.29, 0.717) is 19.7 Å². The molecular formula is C15H24N2O3. The second-order valence-corrected chi connectivity index (χ2v) is 5.32. The van der Waals surface area contributed by atoms with Gasteiger partial charge in [0.1, 0.15) is 0 Å². The number of rotatable bonds is 6. The van der Waals surface area contributed by atoms with Crippen LogP contribution in [0, 0.1) is 6.92 Å². The number of benzene rings is 1. The van der Waals surface area contributed by atoms with Crippen LogP contribution in [0.5, 0.6) is 0 Å². The number of hydrogen-bond acceptors (Lipinski definition) is 5. The number of β-amino-alcohol motifs (C(OH)–C–C–N with tert-alkyl or cyclic N) is 2. The Hall–Kier alpha value is -1.14. The highest BCUT2D eigenvalue weighted by atomic mass is 16.5. The lowest BCUT2D eigenvalue weighted by Crippen LogP contribution is -2.22. The minimum absolute atomic E-state index is 0.492. The Kier molecular flexibility index (Phi) is 5.37. The van der Waals surface area contributed by atoms with Gasteiger partial charge in [-0.3, -0.25) is 0 Å². The average molecular weight is 280 g/mol. The van der Waals surface area contributed by atoms with E-state index in [4.69, 9.17) is 4.74 Å². The number of hydrogen-bond donors (Lipinski definition) is 3. The van der Waals surface area contributed by atoms with E-state index in [-0.39, 0.29) is 0 Å². The van der Waals surface area contributed by atoms with Gasteiger partial charge in [-0.2, -0.15) is 0 Å². The molecule has 0 aromatic heterocycles. The van der Waals surface area contributed by atoms with E-state index in [2.05, 4.69) is 24.4 Å². The number of nitrogens with one attached hydrogen (secondary N) is 1. The molecule has 0 bridgehead atoms. The molecule has 1 aliphatic rings. The second-order valence-electron chi connectivity index (χ2n) is 5.32. The highest BCUT2D eigenvalue weighted by Gasteiger charge is 2.29. The van der Waals surface area contributed by atoms with Gasteiger partial charge >= 0.3 is 0 Å². The van der Waals surface area contributed by atoms with Crippen LogP contribution in [0.1, 0.15) is 11.1 Å². The molecule has 0 amide bonds. The fourth-order valence-electron chi connectivity index (χ4n) is 2.45. The molecule has 0 spiro atoms. The molecular weight excluding hydrogens is 256 g/mol. The van der Waals surface area contributed by atoms with E-state index >= 15 is 0 Å². The van der Waals surface area contributed by atoms with Crippen molar-refractivity contribution in [2.45, 2.75) is 25.7 Å². The van der Waals surface area contributed by atoms with Crippen molar-refractivity contribution in [1.29, 1.82) is 0 Å². The third kappa shape index (κ3) is 3.70. The Morgan fingerprint density at radius 1 is 1.30 bits per heavy atom. The van der Waals surface area contributed by atoms with Crippen molar-refractivity contribution in [3.8, 4) is 0 Å². The molecule has 2 rings (SSSR count). The molecule has 0 radical (unpaired) electrons. The summed E-state index contributed by atoms with van der Waals surface area (Å²) in [6.07, 6.45) is -1.30.